The summed E-state index contributed by atoms with van der Waals surface area (Å²) < 4.78 is 10.3. The van der Waals surface area contributed by atoms with Crippen LogP contribution in [0.1, 0.15) is 31.0 Å². The number of nitrogen functional groups attached to an aromatic ring is 1. The molecule has 5 nitrogen and oxygen atoms in total. The van der Waals surface area contributed by atoms with E-state index in [-0.39, 0.29) is 6.10 Å². The molecule has 5 heteroatoms. The molecule has 0 aliphatic carbocycles. The van der Waals surface area contributed by atoms with Crippen LogP contribution in [0, 0.1) is 0 Å². The molecule has 84 valence electrons. The first kappa shape index (κ1) is 11.9. The molecule has 1 aromatic rings. The van der Waals surface area contributed by atoms with Gasteiger partial charge in [0.1, 0.15) is 11.9 Å². The Labute approximate surface area is 89.6 Å². The van der Waals surface area contributed by atoms with Crippen molar-refractivity contribution in [3.63, 3.8) is 0 Å². The van der Waals surface area contributed by atoms with Gasteiger partial charge >= 0.3 is 0 Å². The SMILES string of the molecule is CCC(OC)c1nc(N)cc(COC)n1. The van der Waals surface area contributed by atoms with Crippen LogP contribution >= 0.6 is 0 Å². The van der Waals surface area contributed by atoms with Crippen molar-refractivity contribution in [2.75, 3.05) is 20.0 Å². The summed E-state index contributed by atoms with van der Waals surface area (Å²) in [7, 11) is 3.25. The summed E-state index contributed by atoms with van der Waals surface area (Å²) in [5, 5.41) is 0. The number of rotatable bonds is 5. The fourth-order valence-corrected chi connectivity index (χ4v) is 1.36. The molecule has 0 aromatic carbocycles. The number of hydrogen-bond donors (Lipinski definition) is 1. The molecule has 1 heterocycles. The van der Waals surface area contributed by atoms with Crippen LogP contribution in [-0.4, -0.2) is 24.2 Å². The number of ether oxygens (including phenoxy) is 2. The molecule has 0 saturated carbocycles. The van der Waals surface area contributed by atoms with E-state index in [1.165, 1.54) is 0 Å². The Morgan fingerprint density at radius 2 is 2.13 bits per heavy atom. The van der Waals surface area contributed by atoms with E-state index in [9.17, 15) is 0 Å². The number of anilines is 1. The van der Waals surface area contributed by atoms with Crippen LogP contribution in [0.2, 0.25) is 0 Å². The molecule has 2 N–H and O–H groups in total. The van der Waals surface area contributed by atoms with Gasteiger partial charge in [0.25, 0.3) is 0 Å². The van der Waals surface area contributed by atoms with Crippen LogP contribution in [0.5, 0.6) is 0 Å². The van der Waals surface area contributed by atoms with Crippen molar-refractivity contribution in [2.45, 2.75) is 26.1 Å². The zero-order chi connectivity index (χ0) is 11.3. The highest BCUT2D eigenvalue weighted by Gasteiger charge is 2.12. The summed E-state index contributed by atoms with van der Waals surface area (Å²) in [6.07, 6.45) is 0.705. The highest BCUT2D eigenvalue weighted by molar-refractivity contribution is 5.30. The van der Waals surface area contributed by atoms with E-state index in [0.717, 1.165) is 12.1 Å². The minimum Gasteiger partial charge on any atom is -0.384 e. The first-order valence-corrected chi connectivity index (χ1v) is 4.86. The van der Waals surface area contributed by atoms with Gasteiger partial charge in [0, 0.05) is 20.3 Å². The van der Waals surface area contributed by atoms with Gasteiger partial charge in [-0.15, -0.1) is 0 Å². The van der Waals surface area contributed by atoms with E-state index < -0.39 is 0 Å². The zero-order valence-electron chi connectivity index (χ0n) is 9.36. The summed E-state index contributed by atoms with van der Waals surface area (Å²) in [5.74, 6) is 1.06. The molecule has 15 heavy (non-hydrogen) atoms. The second-order valence-electron chi connectivity index (χ2n) is 3.21. The molecule has 0 spiro atoms. The Morgan fingerprint density at radius 3 is 2.67 bits per heavy atom. The molecule has 0 aliphatic rings. The van der Waals surface area contributed by atoms with Crippen LogP contribution < -0.4 is 5.73 Å². The minimum absolute atomic E-state index is 0.107. The van der Waals surface area contributed by atoms with Gasteiger partial charge in [0.05, 0.1) is 12.3 Å². The normalized spacial score (nSPS) is 12.7. The first-order valence-electron chi connectivity index (χ1n) is 4.86. The quantitative estimate of drug-likeness (QED) is 0.795. The molecule has 1 unspecified atom stereocenters. The molecular formula is C10H17N3O2. The average molecular weight is 211 g/mol. The number of nitrogens with zero attached hydrogens (tertiary/aromatic N) is 2. The van der Waals surface area contributed by atoms with Gasteiger partial charge in [-0.05, 0) is 6.42 Å². The maximum atomic E-state index is 5.67. The second kappa shape index (κ2) is 5.63. The van der Waals surface area contributed by atoms with Crippen molar-refractivity contribution in [2.24, 2.45) is 0 Å². The lowest BCUT2D eigenvalue weighted by atomic mass is 10.2. The Morgan fingerprint density at radius 1 is 1.40 bits per heavy atom. The average Bonchev–Trinajstić information content (AvgIpc) is 2.19. The largest absolute Gasteiger partial charge is 0.384 e. The second-order valence-corrected chi connectivity index (χ2v) is 3.21. The van der Waals surface area contributed by atoms with Crippen LogP contribution in [0.4, 0.5) is 5.82 Å². The van der Waals surface area contributed by atoms with Gasteiger partial charge in [-0.3, -0.25) is 0 Å². The highest BCUT2D eigenvalue weighted by Crippen LogP contribution is 2.17. The summed E-state index contributed by atoms with van der Waals surface area (Å²) in [5.41, 5.74) is 6.45. The molecule has 0 radical (unpaired) electrons. The molecule has 0 fully saturated rings. The highest BCUT2D eigenvalue weighted by atomic mass is 16.5. The van der Waals surface area contributed by atoms with Crippen molar-refractivity contribution in [1.82, 2.24) is 9.97 Å². The van der Waals surface area contributed by atoms with Crippen molar-refractivity contribution in [3.8, 4) is 0 Å². The van der Waals surface area contributed by atoms with E-state index in [2.05, 4.69) is 9.97 Å². The van der Waals surface area contributed by atoms with E-state index in [1.807, 2.05) is 6.92 Å². The van der Waals surface area contributed by atoms with Crippen LogP contribution in [0.25, 0.3) is 0 Å². The monoisotopic (exact) mass is 211 g/mol. The summed E-state index contributed by atoms with van der Waals surface area (Å²) in [6.45, 7) is 2.44. The van der Waals surface area contributed by atoms with E-state index >= 15 is 0 Å². The Kier molecular flexibility index (Phi) is 4.45. The lowest BCUT2D eigenvalue weighted by Crippen LogP contribution is -2.10. The van der Waals surface area contributed by atoms with Crippen molar-refractivity contribution >= 4 is 5.82 Å². The van der Waals surface area contributed by atoms with Gasteiger partial charge < -0.3 is 15.2 Å². The van der Waals surface area contributed by atoms with Crippen LogP contribution in [-0.2, 0) is 16.1 Å². The number of methoxy groups -OCH3 is 2. The Balaban J connectivity index is 2.96. The molecule has 1 rings (SSSR count). The van der Waals surface area contributed by atoms with Crippen LogP contribution in [0.3, 0.4) is 0 Å². The minimum atomic E-state index is -0.107. The topological polar surface area (TPSA) is 70.3 Å². The number of nitrogens with two attached hydrogens (primary N) is 1. The predicted octanol–water partition coefficient (Wildman–Crippen LogP) is 1.30. The number of aromatic nitrogens is 2. The van der Waals surface area contributed by atoms with Gasteiger partial charge in [-0.1, -0.05) is 6.92 Å². The summed E-state index contributed by atoms with van der Waals surface area (Å²) in [4.78, 5) is 8.47. The third-order valence-corrected chi connectivity index (χ3v) is 2.05. The standard InChI is InChI=1S/C10H17N3O2/c1-4-8(15-3)10-12-7(6-14-2)5-9(11)13-10/h5,8H,4,6H2,1-3H3,(H2,11,12,13). The summed E-state index contributed by atoms with van der Waals surface area (Å²) >= 11 is 0. The molecule has 0 saturated heterocycles. The molecule has 1 atom stereocenters. The lowest BCUT2D eigenvalue weighted by Gasteiger charge is -2.12. The molecule has 0 amide bonds. The van der Waals surface area contributed by atoms with Crippen molar-refractivity contribution < 1.29 is 9.47 Å². The van der Waals surface area contributed by atoms with E-state index in [1.54, 1.807) is 20.3 Å². The van der Waals surface area contributed by atoms with Crippen LogP contribution in [0.15, 0.2) is 6.07 Å². The first-order chi connectivity index (χ1) is 7.21. The Bertz CT molecular complexity index is 314. The third kappa shape index (κ3) is 3.14. The van der Waals surface area contributed by atoms with Crippen molar-refractivity contribution in [3.05, 3.63) is 17.6 Å². The number of hydrogen-bond acceptors (Lipinski definition) is 5. The molecule has 0 aliphatic heterocycles. The Hall–Kier alpha value is -1.20. The maximum absolute atomic E-state index is 5.67. The predicted molar refractivity (Wildman–Crippen MR) is 57.2 cm³/mol. The smallest absolute Gasteiger partial charge is 0.159 e. The van der Waals surface area contributed by atoms with E-state index in [0.29, 0.717) is 18.2 Å². The fourth-order valence-electron chi connectivity index (χ4n) is 1.36. The fraction of sp³-hybridized carbons (Fsp3) is 0.600. The summed E-state index contributed by atoms with van der Waals surface area (Å²) in [6, 6.07) is 1.70. The maximum Gasteiger partial charge on any atom is 0.159 e. The van der Waals surface area contributed by atoms with E-state index in [4.69, 9.17) is 15.2 Å². The van der Waals surface area contributed by atoms with Gasteiger partial charge in [-0.2, -0.15) is 0 Å². The molecular weight excluding hydrogens is 194 g/mol. The van der Waals surface area contributed by atoms with Gasteiger partial charge in [0.2, 0.25) is 0 Å². The van der Waals surface area contributed by atoms with Crippen molar-refractivity contribution in [1.29, 1.82) is 0 Å². The van der Waals surface area contributed by atoms with Gasteiger partial charge in [0.15, 0.2) is 5.82 Å². The molecule has 1 aromatic heterocycles. The third-order valence-electron chi connectivity index (χ3n) is 2.05. The lowest BCUT2D eigenvalue weighted by molar-refractivity contribution is 0.0918. The van der Waals surface area contributed by atoms with Gasteiger partial charge in [-0.25, -0.2) is 9.97 Å². The molecule has 0 bridgehead atoms. The zero-order valence-corrected chi connectivity index (χ0v) is 9.36.